The third kappa shape index (κ3) is 7.08. The smallest absolute Gasteiger partial charge is 0.252 e. The number of nitrogens with zero attached hydrogens (tertiary/aromatic N) is 3. The van der Waals surface area contributed by atoms with Crippen LogP contribution in [0.4, 0.5) is 51.2 Å². The van der Waals surface area contributed by atoms with Gasteiger partial charge in [-0.15, -0.1) is 0 Å². The second-order valence-electron chi connectivity index (χ2n) is 26.4. The van der Waals surface area contributed by atoms with E-state index in [4.69, 9.17) is 0 Å². The van der Waals surface area contributed by atoms with E-state index >= 15 is 0 Å². The van der Waals surface area contributed by atoms with E-state index in [1.165, 1.54) is 158 Å². The zero-order valence-electron chi connectivity index (χ0n) is 49.1. The molecule has 0 spiro atoms. The van der Waals surface area contributed by atoms with Crippen molar-refractivity contribution in [3.63, 3.8) is 0 Å². The molecule has 18 rings (SSSR count). The van der Waals surface area contributed by atoms with Gasteiger partial charge in [-0.3, -0.25) is 0 Å². The minimum atomic E-state index is -0.188. The Bertz CT molecular complexity index is 5220. The molecule has 0 bridgehead atoms. The summed E-state index contributed by atoms with van der Waals surface area (Å²) in [5, 5.41) is 15.3. The molecule has 0 radical (unpaired) electrons. The summed E-state index contributed by atoms with van der Waals surface area (Å²) in [4.78, 5) is 10.5. The standard InChI is InChI=1S/C80H59B2N3S/c1-79(2,3)48-40-72-77-73(41-48)85(52-37-39-62-58-29-13-11-25-54(58)56-27-15-17-31-60(56)64(62)45-52)71-47-75-68(82-66-33-19-20-34-69(66)83(50-22-8-7-9-23-50)74-42-49(80(4,5)6)43-76(86-75)78(74)82)46-67(71)81(77)65-32-18-21-35-70(65)84(72)51-36-38-61-57-28-12-10-24-53(57)55-26-14-16-30-59(55)63(61)44-51/h7-47H,1-6H3. The Labute approximate surface area is 507 Å². The van der Waals surface area contributed by atoms with Crippen LogP contribution in [-0.4, -0.2) is 13.4 Å². The van der Waals surface area contributed by atoms with E-state index in [9.17, 15) is 0 Å². The molecular weight excluding hydrogens is 1060 g/mol. The van der Waals surface area contributed by atoms with Crippen LogP contribution in [0.15, 0.2) is 259 Å². The summed E-state index contributed by atoms with van der Waals surface area (Å²) in [5.41, 5.74) is 21.3. The molecular formula is C80H59B2N3S. The van der Waals surface area contributed by atoms with Crippen molar-refractivity contribution < 1.29 is 0 Å². The molecule has 4 aliphatic rings. The average Bonchev–Trinajstić information content (AvgIpc) is 0.746. The van der Waals surface area contributed by atoms with Gasteiger partial charge in [0.25, 0.3) is 6.71 Å². The quantitative estimate of drug-likeness (QED) is 0.129. The van der Waals surface area contributed by atoms with Crippen molar-refractivity contribution >= 4 is 174 Å². The minimum Gasteiger partial charge on any atom is -0.311 e. The van der Waals surface area contributed by atoms with E-state index in [1.54, 1.807) is 0 Å². The SMILES string of the molecule is CC(C)(C)c1cc2c3c(c1)N(c1ccccc1)c1ccccc1B3c1cc3c(cc1S2)N(c1ccc2c4ccccc4c4ccccc4c2c1)c1cc(C(C)(C)C)cc2c1B3c1ccccc1N2c1ccc2c3ccccc3c3ccccc3c2c1. The Hall–Kier alpha value is -9.48. The van der Waals surface area contributed by atoms with Gasteiger partial charge >= 0.3 is 0 Å². The van der Waals surface area contributed by atoms with E-state index in [0.717, 1.165) is 11.4 Å². The molecule has 0 N–H and O–H groups in total. The molecule has 0 saturated heterocycles. The lowest BCUT2D eigenvalue weighted by Gasteiger charge is -2.46. The summed E-state index contributed by atoms with van der Waals surface area (Å²) < 4.78 is 0. The highest BCUT2D eigenvalue weighted by Crippen LogP contribution is 2.51. The van der Waals surface area contributed by atoms with Crippen LogP contribution < -0.4 is 47.5 Å². The molecule has 0 unspecified atom stereocenters. The van der Waals surface area contributed by atoms with Crippen LogP contribution in [0.2, 0.25) is 0 Å². The van der Waals surface area contributed by atoms with Crippen LogP contribution in [0, 0.1) is 0 Å². The second-order valence-corrected chi connectivity index (χ2v) is 27.4. The van der Waals surface area contributed by atoms with Crippen LogP contribution in [-0.2, 0) is 10.8 Å². The Morgan fingerprint density at radius 2 is 0.628 bits per heavy atom. The average molecular weight is 1120 g/mol. The predicted octanol–water partition coefficient (Wildman–Crippen LogP) is 18.0. The molecule has 406 valence electrons. The van der Waals surface area contributed by atoms with Crippen molar-refractivity contribution in [1.82, 2.24) is 0 Å². The van der Waals surface area contributed by atoms with Crippen molar-refractivity contribution in [2.75, 3.05) is 14.7 Å². The summed E-state index contributed by atoms with van der Waals surface area (Å²) in [7, 11) is 0. The van der Waals surface area contributed by atoms with Gasteiger partial charge in [0.15, 0.2) is 0 Å². The number of hydrogen-bond donors (Lipinski definition) is 0. The van der Waals surface area contributed by atoms with Gasteiger partial charge in [-0.1, -0.05) is 229 Å². The number of fused-ring (bicyclic) bond motifs is 20. The Balaban J connectivity index is 0.945. The maximum absolute atomic E-state index is 2.68. The number of para-hydroxylation sites is 3. The largest absolute Gasteiger partial charge is 0.311 e. The zero-order chi connectivity index (χ0) is 57.5. The molecule has 4 aliphatic heterocycles. The minimum absolute atomic E-state index is 0.00321. The van der Waals surface area contributed by atoms with Crippen molar-refractivity contribution in [1.29, 1.82) is 0 Å². The summed E-state index contributed by atoms with van der Waals surface area (Å²) in [6.45, 7) is 14.1. The van der Waals surface area contributed by atoms with Crippen LogP contribution in [0.5, 0.6) is 0 Å². The van der Waals surface area contributed by atoms with Crippen molar-refractivity contribution in [3.8, 4) is 0 Å². The highest BCUT2D eigenvalue weighted by atomic mass is 32.2. The third-order valence-electron chi connectivity index (χ3n) is 19.5. The maximum Gasteiger partial charge on any atom is 0.252 e. The van der Waals surface area contributed by atoms with Crippen LogP contribution >= 0.6 is 11.8 Å². The van der Waals surface area contributed by atoms with Crippen LogP contribution in [0.1, 0.15) is 52.7 Å². The van der Waals surface area contributed by atoms with E-state index < -0.39 is 0 Å². The maximum atomic E-state index is 2.68. The molecule has 4 heterocycles. The molecule has 0 fully saturated rings. The van der Waals surface area contributed by atoms with Gasteiger partial charge in [0.05, 0.1) is 0 Å². The van der Waals surface area contributed by atoms with Gasteiger partial charge in [-0.05, 0) is 193 Å². The highest BCUT2D eigenvalue weighted by Gasteiger charge is 2.48. The van der Waals surface area contributed by atoms with Crippen molar-refractivity contribution in [2.45, 2.75) is 62.2 Å². The summed E-state index contributed by atoms with van der Waals surface area (Å²) in [6, 6.07) is 95.5. The lowest BCUT2D eigenvalue weighted by atomic mass is 9.31. The van der Waals surface area contributed by atoms with E-state index in [2.05, 4.69) is 305 Å². The van der Waals surface area contributed by atoms with Gasteiger partial charge in [0.1, 0.15) is 0 Å². The number of anilines is 9. The Morgan fingerprint density at radius 3 is 1.10 bits per heavy atom. The molecule has 0 aliphatic carbocycles. The molecule has 14 aromatic carbocycles. The molecule has 0 aromatic heterocycles. The van der Waals surface area contributed by atoms with Crippen LogP contribution in [0.3, 0.4) is 0 Å². The van der Waals surface area contributed by atoms with E-state index in [1.807, 2.05) is 11.8 Å². The first-order chi connectivity index (χ1) is 41.9. The Morgan fingerprint density at radius 1 is 0.256 bits per heavy atom. The number of rotatable bonds is 3. The highest BCUT2D eigenvalue weighted by molar-refractivity contribution is 8.00. The number of hydrogen-bond acceptors (Lipinski definition) is 4. The summed E-state index contributed by atoms with van der Waals surface area (Å²) in [6.07, 6.45) is 0. The summed E-state index contributed by atoms with van der Waals surface area (Å²) >= 11 is 1.97. The van der Waals surface area contributed by atoms with Gasteiger partial charge in [-0.2, -0.15) is 0 Å². The number of benzene rings is 14. The third-order valence-corrected chi connectivity index (χ3v) is 20.6. The fourth-order valence-corrected chi connectivity index (χ4v) is 16.7. The fraction of sp³-hybridized carbons (Fsp3) is 0.100. The van der Waals surface area contributed by atoms with Crippen molar-refractivity contribution in [3.05, 3.63) is 260 Å². The molecule has 14 aromatic rings. The van der Waals surface area contributed by atoms with Crippen molar-refractivity contribution in [2.24, 2.45) is 0 Å². The van der Waals surface area contributed by atoms with E-state index in [-0.39, 0.29) is 24.3 Å². The van der Waals surface area contributed by atoms with Gasteiger partial charge in [0.2, 0.25) is 6.71 Å². The summed E-state index contributed by atoms with van der Waals surface area (Å²) in [5.74, 6) is 0. The Kier molecular flexibility index (Phi) is 10.5. The molecule has 3 nitrogen and oxygen atoms in total. The van der Waals surface area contributed by atoms with Gasteiger partial charge in [0, 0.05) is 61.0 Å². The first kappa shape index (κ1) is 49.9. The van der Waals surface area contributed by atoms with Crippen LogP contribution in [0.25, 0.3) is 64.6 Å². The zero-order valence-corrected chi connectivity index (χ0v) is 49.9. The molecule has 0 atom stereocenters. The molecule has 6 heteroatoms. The lowest BCUT2D eigenvalue weighted by molar-refractivity contribution is 0.589. The molecule has 0 amide bonds. The first-order valence-electron chi connectivity index (χ1n) is 30.5. The fourth-order valence-electron chi connectivity index (χ4n) is 15.5. The topological polar surface area (TPSA) is 9.72 Å². The molecule has 0 saturated carbocycles. The van der Waals surface area contributed by atoms with Gasteiger partial charge < -0.3 is 14.7 Å². The van der Waals surface area contributed by atoms with Gasteiger partial charge in [-0.25, -0.2) is 0 Å². The predicted molar refractivity (Wildman–Crippen MR) is 373 cm³/mol. The molecule has 86 heavy (non-hydrogen) atoms. The first-order valence-corrected chi connectivity index (χ1v) is 31.3. The van der Waals surface area contributed by atoms with E-state index in [0.29, 0.717) is 0 Å². The lowest BCUT2D eigenvalue weighted by Crippen LogP contribution is -2.64. The second kappa shape index (κ2) is 18.0. The normalized spacial score (nSPS) is 14.0. The monoisotopic (exact) mass is 1120 g/mol.